The second-order valence-electron chi connectivity index (χ2n) is 4.65. The van der Waals surface area contributed by atoms with Gasteiger partial charge in [-0.3, -0.25) is 9.48 Å². The number of hydrogen-bond acceptors (Lipinski definition) is 4. The summed E-state index contributed by atoms with van der Waals surface area (Å²) >= 11 is 4.44. The van der Waals surface area contributed by atoms with Gasteiger partial charge in [0, 0.05) is 29.2 Å². The van der Waals surface area contributed by atoms with Gasteiger partial charge in [-0.2, -0.15) is 18.3 Å². The van der Waals surface area contributed by atoms with Crippen LogP contribution in [0.5, 0.6) is 0 Å². The topological polar surface area (TPSA) is 59.8 Å². The Bertz CT molecular complexity index is 902. The van der Waals surface area contributed by atoms with Crippen LogP contribution in [0.2, 0.25) is 0 Å². The number of fused-ring (bicyclic) bond motifs is 1. The summed E-state index contributed by atoms with van der Waals surface area (Å²) in [5, 5.41) is 6.55. The predicted molar refractivity (Wildman–Crippen MR) is 83.5 cm³/mol. The smallest absolute Gasteiger partial charge is 0.306 e. The van der Waals surface area contributed by atoms with E-state index in [-0.39, 0.29) is 5.82 Å². The fraction of sp³-hybridized carbons (Fsp3) is 0.154. The van der Waals surface area contributed by atoms with Gasteiger partial charge in [-0.15, -0.1) is 11.3 Å². The number of amides is 1. The van der Waals surface area contributed by atoms with Gasteiger partial charge in [0.15, 0.2) is 5.69 Å². The van der Waals surface area contributed by atoms with Crippen molar-refractivity contribution in [2.45, 2.75) is 6.18 Å². The summed E-state index contributed by atoms with van der Waals surface area (Å²) in [6.07, 6.45) is -2.95. The molecular weight excluding hydrogens is 397 g/mol. The minimum Gasteiger partial charge on any atom is -0.306 e. The zero-order valence-corrected chi connectivity index (χ0v) is 13.9. The third kappa shape index (κ3) is 3.22. The summed E-state index contributed by atoms with van der Waals surface area (Å²) in [6, 6.07) is 4.23. The van der Waals surface area contributed by atoms with Crippen LogP contribution in [0, 0.1) is 0 Å². The largest absolute Gasteiger partial charge is 0.435 e. The van der Waals surface area contributed by atoms with Crippen LogP contribution in [0.3, 0.4) is 0 Å². The van der Waals surface area contributed by atoms with E-state index in [1.54, 1.807) is 18.3 Å². The Labute approximate surface area is 140 Å². The van der Waals surface area contributed by atoms with Crippen LogP contribution in [0.15, 0.2) is 28.9 Å². The molecule has 0 saturated heterocycles. The van der Waals surface area contributed by atoms with E-state index in [2.05, 4.69) is 31.3 Å². The molecule has 120 valence electrons. The number of hydrogen-bond donors (Lipinski definition) is 1. The van der Waals surface area contributed by atoms with Crippen molar-refractivity contribution in [1.82, 2.24) is 14.8 Å². The number of rotatable bonds is 2. The highest BCUT2D eigenvalue weighted by molar-refractivity contribution is 9.10. The van der Waals surface area contributed by atoms with E-state index in [0.717, 1.165) is 31.9 Å². The van der Waals surface area contributed by atoms with Crippen LogP contribution >= 0.6 is 27.3 Å². The maximum absolute atomic E-state index is 12.6. The fourth-order valence-electron chi connectivity index (χ4n) is 1.92. The van der Waals surface area contributed by atoms with Gasteiger partial charge in [-0.1, -0.05) is 0 Å². The van der Waals surface area contributed by atoms with E-state index < -0.39 is 17.8 Å². The minimum absolute atomic E-state index is 0.0334. The molecule has 0 atom stereocenters. The van der Waals surface area contributed by atoms with Gasteiger partial charge >= 0.3 is 6.18 Å². The van der Waals surface area contributed by atoms with Crippen molar-refractivity contribution >= 4 is 49.2 Å². The second kappa shape index (κ2) is 5.60. The van der Waals surface area contributed by atoms with Crippen LogP contribution in [0.25, 0.3) is 10.2 Å². The third-order valence-electron chi connectivity index (χ3n) is 2.97. The summed E-state index contributed by atoms with van der Waals surface area (Å²) in [6.45, 7) is 0. The second-order valence-corrected chi connectivity index (χ2v) is 6.60. The average Bonchev–Trinajstić information content (AvgIpc) is 3.02. The zero-order valence-electron chi connectivity index (χ0n) is 11.5. The molecule has 0 radical (unpaired) electrons. The number of nitrogens with one attached hydrogen (secondary N) is 1. The van der Waals surface area contributed by atoms with Gasteiger partial charge in [-0.25, -0.2) is 4.98 Å². The lowest BCUT2D eigenvalue weighted by atomic mass is 10.3. The van der Waals surface area contributed by atoms with Gasteiger partial charge in [0.2, 0.25) is 0 Å². The molecule has 0 fully saturated rings. The number of nitrogens with zero attached hydrogens (tertiary/aromatic N) is 3. The van der Waals surface area contributed by atoms with Crippen molar-refractivity contribution in [2.75, 3.05) is 5.32 Å². The number of carbonyl (C=O) groups is 1. The molecule has 0 aliphatic heterocycles. The average molecular weight is 405 g/mol. The highest BCUT2D eigenvalue weighted by atomic mass is 79.9. The number of anilines is 1. The summed E-state index contributed by atoms with van der Waals surface area (Å²) in [5.41, 5.74) is -1.06. The molecule has 3 aromatic heterocycles. The van der Waals surface area contributed by atoms with Crippen molar-refractivity contribution in [3.63, 3.8) is 0 Å². The van der Waals surface area contributed by atoms with Crippen molar-refractivity contribution in [3.05, 3.63) is 39.4 Å². The Morgan fingerprint density at radius 2 is 2.09 bits per heavy atom. The molecule has 0 bridgehead atoms. The van der Waals surface area contributed by atoms with E-state index in [1.165, 1.54) is 7.05 Å². The Hall–Kier alpha value is -1.94. The van der Waals surface area contributed by atoms with Crippen molar-refractivity contribution in [3.8, 4) is 0 Å². The maximum atomic E-state index is 12.6. The van der Waals surface area contributed by atoms with Crippen molar-refractivity contribution < 1.29 is 18.0 Å². The molecular formula is C13H8BrF3N4OS. The molecule has 5 nitrogen and oxygen atoms in total. The fourth-order valence-corrected chi connectivity index (χ4v) is 3.15. The molecule has 0 aromatic carbocycles. The van der Waals surface area contributed by atoms with Gasteiger partial charge in [-0.05, 0) is 28.1 Å². The minimum atomic E-state index is -4.56. The number of thiophene rings is 1. The molecule has 0 aliphatic carbocycles. The predicted octanol–water partition coefficient (Wildman–Crippen LogP) is 4.06. The number of halogens is 4. The maximum Gasteiger partial charge on any atom is 0.435 e. The lowest BCUT2D eigenvalue weighted by Gasteiger charge is -2.02. The highest BCUT2D eigenvalue weighted by Crippen LogP contribution is 2.30. The van der Waals surface area contributed by atoms with Crippen LogP contribution in [-0.2, 0) is 13.2 Å². The molecule has 0 unspecified atom stereocenters. The summed E-state index contributed by atoms with van der Waals surface area (Å²) in [4.78, 5) is 17.4. The molecule has 0 aliphatic rings. The van der Waals surface area contributed by atoms with E-state index >= 15 is 0 Å². The summed E-state index contributed by atoms with van der Waals surface area (Å²) in [7, 11) is 1.33. The monoisotopic (exact) mass is 404 g/mol. The van der Waals surface area contributed by atoms with Gasteiger partial charge in [0.05, 0.1) is 4.88 Å². The molecule has 0 saturated carbocycles. The first-order valence-corrected chi connectivity index (χ1v) is 7.82. The number of alkyl halides is 3. The van der Waals surface area contributed by atoms with E-state index in [0.29, 0.717) is 9.71 Å². The van der Waals surface area contributed by atoms with Crippen molar-refractivity contribution in [1.29, 1.82) is 0 Å². The Morgan fingerprint density at radius 1 is 1.35 bits per heavy atom. The number of aryl methyl sites for hydroxylation is 1. The van der Waals surface area contributed by atoms with E-state index in [9.17, 15) is 18.0 Å². The first-order chi connectivity index (χ1) is 10.7. The van der Waals surface area contributed by atoms with Gasteiger partial charge < -0.3 is 5.32 Å². The first-order valence-electron chi connectivity index (χ1n) is 6.22. The quantitative estimate of drug-likeness (QED) is 0.700. The van der Waals surface area contributed by atoms with Crippen LogP contribution in [0.1, 0.15) is 15.4 Å². The number of carbonyl (C=O) groups excluding carboxylic acids is 1. The van der Waals surface area contributed by atoms with Crippen LogP contribution in [0.4, 0.5) is 19.0 Å². The van der Waals surface area contributed by atoms with Gasteiger partial charge in [0.1, 0.15) is 10.6 Å². The van der Waals surface area contributed by atoms with Crippen molar-refractivity contribution in [2.24, 2.45) is 7.05 Å². The van der Waals surface area contributed by atoms with E-state index in [1.807, 2.05) is 0 Å². The molecule has 3 heterocycles. The zero-order chi connectivity index (χ0) is 16.8. The Balaban J connectivity index is 1.87. The number of aromatic nitrogens is 3. The van der Waals surface area contributed by atoms with Crippen LogP contribution < -0.4 is 5.32 Å². The first kappa shape index (κ1) is 15.9. The molecule has 3 aromatic rings. The van der Waals surface area contributed by atoms with E-state index in [4.69, 9.17) is 0 Å². The SMILES string of the molecule is Cn1nc(C(F)(F)F)cc1NC(=O)c1cc2cc(Br)cnc2s1. The molecule has 0 spiro atoms. The Morgan fingerprint density at radius 3 is 2.74 bits per heavy atom. The molecule has 10 heteroatoms. The van der Waals surface area contributed by atoms with Crippen LogP contribution in [-0.4, -0.2) is 20.7 Å². The number of pyridine rings is 1. The summed E-state index contributed by atoms with van der Waals surface area (Å²) in [5.74, 6) is -0.547. The molecule has 3 rings (SSSR count). The summed E-state index contributed by atoms with van der Waals surface area (Å²) < 4.78 is 39.6. The normalized spacial score (nSPS) is 11.9. The standard InChI is InChI=1S/C13H8BrF3N4OS/c1-21-10(4-9(20-21)13(15,16)17)19-11(22)8-3-6-2-7(14)5-18-12(6)23-8/h2-5H,1H3,(H,19,22). The molecule has 1 amide bonds. The lowest BCUT2D eigenvalue weighted by Crippen LogP contribution is -2.13. The highest BCUT2D eigenvalue weighted by Gasteiger charge is 2.34. The molecule has 1 N–H and O–H groups in total. The third-order valence-corrected chi connectivity index (χ3v) is 4.47. The lowest BCUT2D eigenvalue weighted by molar-refractivity contribution is -0.141. The van der Waals surface area contributed by atoms with Gasteiger partial charge in [0.25, 0.3) is 5.91 Å². The molecule has 23 heavy (non-hydrogen) atoms. The Kier molecular flexibility index (Phi) is 3.88.